The molecule has 0 radical (unpaired) electrons. The molecule has 106 valence electrons. The number of likely N-dealkylation sites (tertiary alicyclic amines) is 1. The van der Waals surface area contributed by atoms with Crippen molar-refractivity contribution < 1.29 is 9.90 Å². The maximum Gasteiger partial charge on any atom is 0.307 e. The van der Waals surface area contributed by atoms with Gasteiger partial charge in [-0.25, -0.2) is 0 Å². The van der Waals surface area contributed by atoms with Gasteiger partial charge in [0.05, 0.1) is 5.92 Å². The molecule has 1 heterocycles. The van der Waals surface area contributed by atoms with Crippen LogP contribution >= 0.6 is 0 Å². The molecule has 0 amide bonds. The van der Waals surface area contributed by atoms with Crippen molar-refractivity contribution in [3.05, 3.63) is 0 Å². The summed E-state index contributed by atoms with van der Waals surface area (Å²) >= 11 is 0. The first-order valence-corrected chi connectivity index (χ1v) is 8.12. The van der Waals surface area contributed by atoms with E-state index in [9.17, 15) is 9.90 Å². The lowest BCUT2D eigenvalue weighted by Crippen LogP contribution is -2.62. The van der Waals surface area contributed by atoms with Crippen LogP contribution in [0.5, 0.6) is 0 Å². The quantitative estimate of drug-likeness (QED) is 0.833. The number of aliphatic carboxylic acids is 1. The standard InChI is InChI=1S/C16H25NO2/c18-15(19)14-2-1-3-17(10-14)16-7-11-4-12(8-16)6-13(5-11)9-16/h11-14H,1-10H2,(H,18,19). The summed E-state index contributed by atoms with van der Waals surface area (Å²) < 4.78 is 0. The lowest BCUT2D eigenvalue weighted by atomic mass is 9.52. The fourth-order valence-corrected chi connectivity index (χ4v) is 6.06. The Morgan fingerprint density at radius 1 is 1.05 bits per heavy atom. The number of nitrogens with zero attached hydrogens (tertiary/aromatic N) is 1. The Morgan fingerprint density at radius 2 is 1.63 bits per heavy atom. The molecule has 1 saturated heterocycles. The smallest absolute Gasteiger partial charge is 0.307 e. The molecule has 1 unspecified atom stereocenters. The van der Waals surface area contributed by atoms with Crippen LogP contribution in [0.25, 0.3) is 0 Å². The van der Waals surface area contributed by atoms with Crippen LogP contribution in [0.1, 0.15) is 51.4 Å². The molecule has 1 atom stereocenters. The zero-order chi connectivity index (χ0) is 13.0. The topological polar surface area (TPSA) is 40.5 Å². The monoisotopic (exact) mass is 263 g/mol. The number of carboxylic acids is 1. The van der Waals surface area contributed by atoms with E-state index < -0.39 is 5.97 Å². The van der Waals surface area contributed by atoms with E-state index in [0.717, 1.165) is 43.7 Å². The fourth-order valence-electron chi connectivity index (χ4n) is 6.06. The summed E-state index contributed by atoms with van der Waals surface area (Å²) in [5.74, 6) is 2.18. The first-order chi connectivity index (χ1) is 9.14. The first-order valence-electron chi connectivity index (χ1n) is 8.12. The van der Waals surface area contributed by atoms with Gasteiger partial charge in [0.1, 0.15) is 0 Å². The summed E-state index contributed by atoms with van der Waals surface area (Å²) in [6.45, 7) is 1.97. The zero-order valence-electron chi connectivity index (χ0n) is 11.7. The maximum absolute atomic E-state index is 11.3. The number of rotatable bonds is 2. The average Bonchev–Trinajstić information content (AvgIpc) is 2.37. The molecule has 0 aromatic rings. The third kappa shape index (κ3) is 1.93. The van der Waals surface area contributed by atoms with E-state index in [1.54, 1.807) is 0 Å². The van der Waals surface area contributed by atoms with Crippen molar-refractivity contribution in [2.24, 2.45) is 23.7 Å². The number of carboxylic acid groups (broad SMARTS) is 1. The van der Waals surface area contributed by atoms with Gasteiger partial charge in [0, 0.05) is 12.1 Å². The van der Waals surface area contributed by atoms with Crippen molar-refractivity contribution in [2.75, 3.05) is 13.1 Å². The largest absolute Gasteiger partial charge is 0.481 e. The van der Waals surface area contributed by atoms with Gasteiger partial charge < -0.3 is 5.11 Å². The van der Waals surface area contributed by atoms with Crippen molar-refractivity contribution in [1.29, 1.82) is 0 Å². The number of hydrogen-bond donors (Lipinski definition) is 1. The van der Waals surface area contributed by atoms with Crippen LogP contribution in [-0.2, 0) is 4.79 Å². The summed E-state index contributed by atoms with van der Waals surface area (Å²) in [6.07, 6.45) is 10.5. The minimum absolute atomic E-state index is 0.109. The van der Waals surface area contributed by atoms with Gasteiger partial charge in [-0.05, 0) is 75.7 Å². The molecule has 5 aliphatic rings. The van der Waals surface area contributed by atoms with E-state index in [0.29, 0.717) is 5.54 Å². The van der Waals surface area contributed by atoms with Crippen LogP contribution in [-0.4, -0.2) is 34.6 Å². The summed E-state index contributed by atoms with van der Waals surface area (Å²) in [6, 6.07) is 0. The Labute approximate surface area is 115 Å². The van der Waals surface area contributed by atoms with Gasteiger partial charge in [-0.3, -0.25) is 9.69 Å². The van der Waals surface area contributed by atoms with Gasteiger partial charge in [0.2, 0.25) is 0 Å². The maximum atomic E-state index is 11.3. The molecule has 4 bridgehead atoms. The summed E-state index contributed by atoms with van der Waals surface area (Å²) in [7, 11) is 0. The van der Waals surface area contributed by atoms with Gasteiger partial charge in [0.15, 0.2) is 0 Å². The van der Waals surface area contributed by atoms with Gasteiger partial charge in [-0.1, -0.05) is 0 Å². The van der Waals surface area contributed by atoms with Crippen LogP contribution in [0.2, 0.25) is 0 Å². The number of piperidine rings is 1. The second kappa shape index (κ2) is 4.21. The van der Waals surface area contributed by atoms with Crippen LogP contribution in [0, 0.1) is 23.7 Å². The molecule has 0 aromatic heterocycles. The Kier molecular flexibility index (Phi) is 2.70. The predicted molar refractivity (Wildman–Crippen MR) is 72.8 cm³/mol. The minimum atomic E-state index is -0.575. The van der Waals surface area contributed by atoms with E-state index in [1.165, 1.54) is 38.5 Å². The predicted octanol–water partition coefficient (Wildman–Crippen LogP) is 2.75. The summed E-state index contributed by atoms with van der Waals surface area (Å²) in [5.41, 5.74) is 0.406. The van der Waals surface area contributed by atoms with E-state index >= 15 is 0 Å². The lowest BCUT2D eigenvalue weighted by molar-refractivity contribution is -0.148. The van der Waals surface area contributed by atoms with E-state index in [1.807, 2.05) is 0 Å². The first kappa shape index (κ1) is 12.2. The normalized spacial score (nSPS) is 49.5. The SMILES string of the molecule is O=C(O)C1CCCN(C23CC4CC(CC(C4)C2)C3)C1. The summed E-state index contributed by atoms with van der Waals surface area (Å²) in [5, 5.41) is 9.31. The number of hydrogen-bond acceptors (Lipinski definition) is 2. The fraction of sp³-hybridized carbons (Fsp3) is 0.938. The molecule has 1 aliphatic heterocycles. The summed E-state index contributed by atoms with van der Waals surface area (Å²) in [4.78, 5) is 13.9. The second-order valence-electron chi connectivity index (χ2n) is 7.77. The third-order valence-corrected chi connectivity index (χ3v) is 6.45. The molecule has 3 nitrogen and oxygen atoms in total. The van der Waals surface area contributed by atoms with Gasteiger partial charge in [-0.2, -0.15) is 0 Å². The molecular weight excluding hydrogens is 238 g/mol. The number of carbonyl (C=O) groups is 1. The van der Waals surface area contributed by atoms with Crippen LogP contribution in [0.15, 0.2) is 0 Å². The molecule has 4 aliphatic carbocycles. The van der Waals surface area contributed by atoms with Crippen molar-refractivity contribution in [3.8, 4) is 0 Å². The second-order valence-corrected chi connectivity index (χ2v) is 7.77. The Morgan fingerprint density at radius 3 is 2.16 bits per heavy atom. The van der Waals surface area contributed by atoms with Crippen molar-refractivity contribution in [3.63, 3.8) is 0 Å². The molecule has 5 fully saturated rings. The van der Waals surface area contributed by atoms with E-state index in [-0.39, 0.29) is 5.92 Å². The molecule has 1 N–H and O–H groups in total. The van der Waals surface area contributed by atoms with E-state index in [2.05, 4.69) is 4.90 Å². The highest BCUT2D eigenvalue weighted by Crippen LogP contribution is 2.58. The van der Waals surface area contributed by atoms with Crippen molar-refractivity contribution in [1.82, 2.24) is 4.90 Å². The third-order valence-electron chi connectivity index (χ3n) is 6.45. The minimum Gasteiger partial charge on any atom is -0.481 e. The van der Waals surface area contributed by atoms with Gasteiger partial charge in [-0.15, -0.1) is 0 Å². The molecule has 0 spiro atoms. The molecule has 4 saturated carbocycles. The van der Waals surface area contributed by atoms with Gasteiger partial charge >= 0.3 is 5.97 Å². The molecule has 19 heavy (non-hydrogen) atoms. The molecular formula is C16H25NO2. The van der Waals surface area contributed by atoms with Crippen molar-refractivity contribution in [2.45, 2.75) is 56.9 Å². The van der Waals surface area contributed by atoms with Gasteiger partial charge in [0.25, 0.3) is 0 Å². The van der Waals surface area contributed by atoms with Crippen LogP contribution < -0.4 is 0 Å². The lowest BCUT2D eigenvalue weighted by Gasteiger charge is -2.61. The zero-order valence-corrected chi connectivity index (χ0v) is 11.7. The Hall–Kier alpha value is -0.570. The Bertz CT molecular complexity index is 357. The molecule has 0 aromatic carbocycles. The Balaban J connectivity index is 1.56. The highest BCUT2D eigenvalue weighted by molar-refractivity contribution is 5.70. The van der Waals surface area contributed by atoms with Crippen molar-refractivity contribution >= 4 is 5.97 Å². The highest BCUT2D eigenvalue weighted by Gasteiger charge is 2.54. The molecule has 3 heteroatoms. The highest BCUT2D eigenvalue weighted by atomic mass is 16.4. The van der Waals surface area contributed by atoms with Crippen LogP contribution in [0.4, 0.5) is 0 Å². The molecule has 5 rings (SSSR count). The average molecular weight is 263 g/mol. The van der Waals surface area contributed by atoms with E-state index in [4.69, 9.17) is 0 Å². The van der Waals surface area contributed by atoms with Crippen LogP contribution in [0.3, 0.4) is 0 Å².